The molecule has 0 aliphatic carbocycles. The van der Waals surface area contributed by atoms with Crippen molar-refractivity contribution in [3.63, 3.8) is 0 Å². The van der Waals surface area contributed by atoms with Crippen LogP contribution in [-0.4, -0.2) is 36.6 Å². The highest BCUT2D eigenvalue weighted by atomic mass is 79.9. The molecule has 1 atom stereocenters. The molecule has 1 N–H and O–H groups in total. The molecule has 4 rings (SSSR count). The van der Waals surface area contributed by atoms with Gasteiger partial charge < -0.3 is 14.5 Å². The number of halogens is 1. The van der Waals surface area contributed by atoms with Gasteiger partial charge in [0.15, 0.2) is 0 Å². The average Bonchev–Trinajstić information content (AvgIpc) is 3.41. The van der Waals surface area contributed by atoms with Crippen LogP contribution in [0.1, 0.15) is 24.1 Å². The number of methoxy groups -OCH3 is 1. The normalized spacial score (nSPS) is 16.8. The van der Waals surface area contributed by atoms with Crippen LogP contribution in [0, 0.1) is 5.92 Å². The summed E-state index contributed by atoms with van der Waals surface area (Å²) >= 11 is 3.49. The highest BCUT2D eigenvalue weighted by Gasteiger charge is 2.22. The topological polar surface area (TPSA) is 50.5 Å². The first-order valence-electron chi connectivity index (χ1n) is 10.5. The third-order valence-corrected chi connectivity index (χ3v) is 6.09. The zero-order chi connectivity index (χ0) is 20.8. The number of hydrogen-bond acceptors (Lipinski definition) is 5. The van der Waals surface area contributed by atoms with Gasteiger partial charge in [0, 0.05) is 24.1 Å². The van der Waals surface area contributed by atoms with Crippen molar-refractivity contribution in [2.24, 2.45) is 5.92 Å². The predicted octanol–water partition coefficient (Wildman–Crippen LogP) is 5.11. The quantitative estimate of drug-likeness (QED) is 0.441. The van der Waals surface area contributed by atoms with Gasteiger partial charge in [-0.05, 0) is 55.6 Å². The van der Waals surface area contributed by atoms with E-state index in [1.165, 1.54) is 31.5 Å². The molecule has 2 aromatic carbocycles. The molecule has 30 heavy (non-hydrogen) atoms. The molecule has 1 aliphatic heterocycles. The Labute approximate surface area is 186 Å². The number of aromatic nitrogens is 1. The molecule has 0 amide bonds. The molecule has 0 radical (unpaired) electrons. The molecule has 2 heterocycles. The molecule has 0 spiro atoms. The van der Waals surface area contributed by atoms with Crippen molar-refractivity contribution >= 4 is 15.9 Å². The first kappa shape index (κ1) is 21.1. The molecule has 1 saturated heterocycles. The second kappa shape index (κ2) is 10.2. The van der Waals surface area contributed by atoms with Crippen molar-refractivity contribution in [3.8, 4) is 17.2 Å². The van der Waals surface area contributed by atoms with Crippen LogP contribution in [0.5, 0.6) is 5.75 Å². The number of rotatable bonds is 9. The van der Waals surface area contributed by atoms with Gasteiger partial charge in [-0.15, -0.1) is 0 Å². The van der Waals surface area contributed by atoms with Crippen LogP contribution in [0.3, 0.4) is 0 Å². The summed E-state index contributed by atoms with van der Waals surface area (Å²) in [5.74, 6) is 2.10. The summed E-state index contributed by atoms with van der Waals surface area (Å²) in [6, 6.07) is 16.6. The lowest BCUT2D eigenvalue weighted by Gasteiger charge is -2.16. The minimum atomic E-state index is 0.581. The molecule has 0 saturated carbocycles. The lowest BCUT2D eigenvalue weighted by Crippen LogP contribution is -2.22. The fourth-order valence-corrected chi connectivity index (χ4v) is 4.38. The van der Waals surface area contributed by atoms with Crippen LogP contribution in [0.15, 0.2) is 63.7 Å². The van der Waals surface area contributed by atoms with Crippen LogP contribution in [-0.2, 0) is 13.1 Å². The van der Waals surface area contributed by atoms with Gasteiger partial charge in [0.25, 0.3) is 0 Å². The molecular weight excluding hydrogens is 442 g/mol. The first-order chi connectivity index (χ1) is 14.7. The van der Waals surface area contributed by atoms with E-state index < -0.39 is 0 Å². The summed E-state index contributed by atoms with van der Waals surface area (Å²) in [4.78, 5) is 7.18. The van der Waals surface area contributed by atoms with Gasteiger partial charge in [-0.3, -0.25) is 4.90 Å². The summed E-state index contributed by atoms with van der Waals surface area (Å²) in [6.07, 6.45) is 4.20. The minimum absolute atomic E-state index is 0.581. The number of hydrogen-bond donors (Lipinski definition) is 1. The maximum absolute atomic E-state index is 5.69. The van der Waals surface area contributed by atoms with Crippen molar-refractivity contribution in [2.45, 2.75) is 25.9 Å². The van der Waals surface area contributed by atoms with Crippen molar-refractivity contribution in [3.05, 3.63) is 70.5 Å². The minimum Gasteiger partial charge on any atom is -0.496 e. The highest BCUT2D eigenvalue weighted by molar-refractivity contribution is 9.10. The maximum Gasteiger partial charge on any atom is 0.229 e. The summed E-state index contributed by atoms with van der Waals surface area (Å²) in [6.45, 7) is 5.14. The Kier molecular flexibility index (Phi) is 7.20. The van der Waals surface area contributed by atoms with Gasteiger partial charge in [-0.25, -0.2) is 4.98 Å². The predicted molar refractivity (Wildman–Crippen MR) is 122 cm³/mol. The molecule has 1 aliphatic rings. The smallest absolute Gasteiger partial charge is 0.229 e. The average molecular weight is 470 g/mol. The zero-order valence-electron chi connectivity index (χ0n) is 17.3. The Balaban J connectivity index is 1.21. The van der Waals surface area contributed by atoms with E-state index >= 15 is 0 Å². The second-order valence-corrected chi connectivity index (χ2v) is 8.75. The van der Waals surface area contributed by atoms with E-state index in [2.05, 4.69) is 61.5 Å². The summed E-state index contributed by atoms with van der Waals surface area (Å²) in [7, 11) is 1.65. The van der Waals surface area contributed by atoms with E-state index in [4.69, 9.17) is 9.15 Å². The number of oxazole rings is 1. The van der Waals surface area contributed by atoms with Gasteiger partial charge in [-0.2, -0.15) is 0 Å². The van der Waals surface area contributed by atoms with E-state index in [0.29, 0.717) is 12.4 Å². The summed E-state index contributed by atoms with van der Waals surface area (Å²) in [5, 5.41) is 3.52. The van der Waals surface area contributed by atoms with Crippen LogP contribution >= 0.6 is 15.9 Å². The molecule has 6 heteroatoms. The van der Waals surface area contributed by atoms with Gasteiger partial charge in [0.2, 0.25) is 5.89 Å². The fourth-order valence-electron chi connectivity index (χ4n) is 4.02. The monoisotopic (exact) mass is 469 g/mol. The van der Waals surface area contributed by atoms with Gasteiger partial charge in [-0.1, -0.05) is 46.3 Å². The third-order valence-electron chi connectivity index (χ3n) is 5.60. The van der Waals surface area contributed by atoms with Crippen LogP contribution in [0.25, 0.3) is 11.5 Å². The Morgan fingerprint density at radius 1 is 1.23 bits per heavy atom. The highest BCUT2D eigenvalue weighted by Crippen LogP contribution is 2.32. The number of likely N-dealkylation sites (tertiary alicyclic amines) is 1. The molecule has 0 unspecified atom stereocenters. The number of ether oxygens (including phenoxy) is 1. The van der Waals surface area contributed by atoms with Crippen molar-refractivity contribution < 1.29 is 9.15 Å². The van der Waals surface area contributed by atoms with Crippen LogP contribution in [0.2, 0.25) is 0 Å². The summed E-state index contributed by atoms with van der Waals surface area (Å²) in [5.41, 5.74) is 3.16. The Hall–Kier alpha value is -2.15. The molecule has 158 valence electrons. The second-order valence-electron chi connectivity index (χ2n) is 7.83. The Morgan fingerprint density at radius 3 is 2.93 bits per heavy atom. The number of nitrogens with one attached hydrogen (secondary N) is 1. The van der Waals surface area contributed by atoms with E-state index in [1.807, 2.05) is 18.2 Å². The molecular formula is C24H28BrN3O2. The lowest BCUT2D eigenvalue weighted by atomic mass is 10.1. The van der Waals surface area contributed by atoms with E-state index in [9.17, 15) is 0 Å². The Bertz CT molecular complexity index is 945. The van der Waals surface area contributed by atoms with E-state index in [-0.39, 0.29) is 0 Å². The molecule has 1 fully saturated rings. The SMILES string of the molecule is COc1ccc(Br)cc1-c1nc(CNCC[C@H]2CCN(Cc3ccccc3)C2)co1. The van der Waals surface area contributed by atoms with E-state index in [0.717, 1.165) is 40.5 Å². The molecule has 1 aromatic heterocycles. The largest absolute Gasteiger partial charge is 0.496 e. The van der Waals surface area contributed by atoms with Crippen molar-refractivity contribution in [1.29, 1.82) is 0 Å². The Morgan fingerprint density at radius 2 is 2.10 bits per heavy atom. The van der Waals surface area contributed by atoms with Crippen LogP contribution in [0.4, 0.5) is 0 Å². The first-order valence-corrected chi connectivity index (χ1v) is 11.3. The van der Waals surface area contributed by atoms with Crippen molar-refractivity contribution in [1.82, 2.24) is 15.2 Å². The van der Waals surface area contributed by atoms with Crippen molar-refractivity contribution in [2.75, 3.05) is 26.7 Å². The third kappa shape index (κ3) is 5.50. The lowest BCUT2D eigenvalue weighted by molar-refractivity contribution is 0.312. The maximum atomic E-state index is 5.69. The van der Waals surface area contributed by atoms with Gasteiger partial charge in [0.1, 0.15) is 12.0 Å². The van der Waals surface area contributed by atoms with Gasteiger partial charge >= 0.3 is 0 Å². The number of benzene rings is 2. The molecule has 0 bridgehead atoms. The van der Waals surface area contributed by atoms with E-state index in [1.54, 1.807) is 13.4 Å². The fraction of sp³-hybridized carbons (Fsp3) is 0.375. The summed E-state index contributed by atoms with van der Waals surface area (Å²) < 4.78 is 12.1. The zero-order valence-corrected chi connectivity index (χ0v) is 18.9. The number of nitrogens with zero attached hydrogens (tertiary/aromatic N) is 2. The standard InChI is InChI=1S/C24H28BrN3O2/c1-29-23-8-7-20(25)13-22(23)24-27-21(17-30-24)14-26-11-9-19-10-12-28(16-19)15-18-5-3-2-4-6-18/h2-8,13,17,19,26H,9-12,14-16H2,1H3/t19-/m0/s1. The molecule has 3 aromatic rings. The van der Waals surface area contributed by atoms with Gasteiger partial charge in [0.05, 0.1) is 18.4 Å². The van der Waals surface area contributed by atoms with Crippen LogP contribution < -0.4 is 10.1 Å². The molecule has 5 nitrogen and oxygen atoms in total.